The second-order valence-corrected chi connectivity index (χ2v) is 6.69. The smallest absolute Gasteiger partial charge is 0.463 e. The van der Waals surface area contributed by atoms with Crippen LogP contribution in [-0.4, -0.2) is 65.3 Å². The van der Waals surface area contributed by atoms with Gasteiger partial charge in [-0.2, -0.15) is 0 Å². The van der Waals surface area contributed by atoms with Gasteiger partial charge in [-0.3, -0.25) is 13.9 Å². The minimum Gasteiger partial charge on any atom is -0.463 e. The highest BCUT2D eigenvalue weighted by molar-refractivity contribution is 7.46. The van der Waals surface area contributed by atoms with Crippen molar-refractivity contribution in [3.05, 3.63) is 12.7 Å². The third-order valence-corrected chi connectivity index (χ3v) is 4.20. The van der Waals surface area contributed by atoms with Gasteiger partial charge < -0.3 is 30.1 Å². The maximum atomic E-state index is 11.2. The zero-order chi connectivity index (χ0) is 19.1. The molecule has 1 saturated heterocycles. The Balaban J connectivity index is 1.93. The van der Waals surface area contributed by atoms with Crippen LogP contribution < -0.4 is 5.73 Å². The second-order valence-electron chi connectivity index (χ2n) is 5.50. The van der Waals surface area contributed by atoms with Crippen LogP contribution in [0.25, 0.3) is 11.2 Å². The van der Waals surface area contributed by atoms with Gasteiger partial charge in [-0.15, -0.1) is 0 Å². The molecule has 3 rings (SSSR count). The van der Waals surface area contributed by atoms with Crippen LogP contribution in [0.2, 0.25) is 0 Å². The number of hydrogen-bond donors (Lipinski definition) is 4. The molecule has 1 aliphatic rings. The Kier molecular flexibility index (Phi) is 4.92. The van der Waals surface area contributed by atoms with Crippen LogP contribution >= 0.6 is 7.82 Å². The van der Waals surface area contributed by atoms with Crippen LogP contribution in [0, 0.1) is 0 Å². The summed E-state index contributed by atoms with van der Waals surface area (Å²) in [6, 6.07) is 0. The molecule has 2 aromatic rings. The zero-order valence-corrected chi connectivity index (χ0v) is 14.3. The number of fused-ring (bicyclic) bond motifs is 1. The number of nitrogen functional groups attached to an aromatic ring is 1. The molecule has 26 heavy (non-hydrogen) atoms. The van der Waals surface area contributed by atoms with Gasteiger partial charge in [0.25, 0.3) is 0 Å². The lowest BCUT2D eigenvalue weighted by molar-refractivity contribution is -0.147. The van der Waals surface area contributed by atoms with Gasteiger partial charge in [-0.25, -0.2) is 19.5 Å². The van der Waals surface area contributed by atoms with Gasteiger partial charge in [0.2, 0.25) is 0 Å². The van der Waals surface area contributed by atoms with E-state index in [1.54, 1.807) is 0 Å². The van der Waals surface area contributed by atoms with E-state index in [0.29, 0.717) is 0 Å². The molecule has 0 radical (unpaired) electrons. The molecule has 4 atom stereocenters. The summed E-state index contributed by atoms with van der Waals surface area (Å²) in [5.41, 5.74) is 6.21. The van der Waals surface area contributed by atoms with E-state index in [1.165, 1.54) is 17.2 Å². The summed E-state index contributed by atoms with van der Waals surface area (Å²) >= 11 is 0. The summed E-state index contributed by atoms with van der Waals surface area (Å²) in [6.45, 7) is 0.780. The van der Waals surface area contributed by atoms with Gasteiger partial charge >= 0.3 is 13.8 Å². The molecule has 0 aliphatic carbocycles. The molecular formula is C12H16N5O8P. The average Bonchev–Trinajstić information content (AvgIpc) is 3.08. The van der Waals surface area contributed by atoms with Crippen LogP contribution in [0.5, 0.6) is 0 Å². The molecule has 14 heteroatoms. The largest absolute Gasteiger partial charge is 0.470 e. The van der Waals surface area contributed by atoms with Crippen molar-refractivity contribution in [2.75, 3.05) is 12.3 Å². The van der Waals surface area contributed by atoms with Gasteiger partial charge in [0.1, 0.15) is 36.8 Å². The quantitative estimate of drug-likeness (QED) is 0.350. The molecule has 5 N–H and O–H groups in total. The standard InChI is InChI=1S/C12H16N5O8P/c1-5(18)23-2-6-9(25-26(20,21)22)8(19)12(24-6)17-4-16-7-10(13)14-3-15-11(7)17/h3-4,6,8-9,12,19H,2H2,1H3,(H2,13,14,15)(H2,20,21,22)/t6-,8-,9-,12-/m1/s1. The summed E-state index contributed by atoms with van der Waals surface area (Å²) in [6.07, 6.45) is -2.80. The van der Waals surface area contributed by atoms with E-state index in [4.69, 9.17) is 25.0 Å². The molecule has 1 aliphatic heterocycles. The van der Waals surface area contributed by atoms with E-state index >= 15 is 0 Å². The Bertz CT molecular complexity index is 868. The van der Waals surface area contributed by atoms with Crippen LogP contribution in [0.4, 0.5) is 5.82 Å². The first-order valence-corrected chi connectivity index (χ1v) is 8.84. The maximum Gasteiger partial charge on any atom is 0.470 e. The minimum absolute atomic E-state index is 0.112. The number of anilines is 1. The Morgan fingerprint density at radius 1 is 1.42 bits per heavy atom. The van der Waals surface area contributed by atoms with Crippen molar-refractivity contribution >= 4 is 30.8 Å². The molecule has 142 valence electrons. The normalized spacial score (nSPS) is 26.3. The topological polar surface area (TPSA) is 192 Å². The number of imidazole rings is 1. The predicted octanol–water partition coefficient (Wildman–Crippen LogP) is -1.29. The van der Waals surface area contributed by atoms with E-state index in [1.807, 2.05) is 0 Å². The number of phosphoric ester groups is 1. The molecule has 0 amide bonds. The van der Waals surface area contributed by atoms with Crippen molar-refractivity contribution in [1.82, 2.24) is 19.5 Å². The fraction of sp³-hybridized carbons (Fsp3) is 0.500. The van der Waals surface area contributed by atoms with Gasteiger partial charge in [0.15, 0.2) is 17.7 Å². The van der Waals surface area contributed by atoms with Gasteiger partial charge in [0.05, 0.1) is 6.33 Å². The summed E-state index contributed by atoms with van der Waals surface area (Å²) in [4.78, 5) is 41.0. The lowest BCUT2D eigenvalue weighted by atomic mass is 10.1. The molecular weight excluding hydrogens is 373 g/mol. The van der Waals surface area contributed by atoms with Crippen molar-refractivity contribution in [2.24, 2.45) is 0 Å². The maximum absolute atomic E-state index is 11.2. The molecule has 0 aromatic carbocycles. The number of carbonyl (C=O) groups is 1. The molecule has 0 spiro atoms. The van der Waals surface area contributed by atoms with E-state index in [2.05, 4.69) is 19.5 Å². The van der Waals surface area contributed by atoms with E-state index in [9.17, 15) is 14.5 Å². The van der Waals surface area contributed by atoms with Crippen LogP contribution in [0.15, 0.2) is 12.7 Å². The monoisotopic (exact) mass is 389 g/mol. The van der Waals surface area contributed by atoms with Crippen molar-refractivity contribution in [3.63, 3.8) is 0 Å². The van der Waals surface area contributed by atoms with Crippen LogP contribution in [0.1, 0.15) is 13.2 Å². The first kappa shape index (κ1) is 18.6. The summed E-state index contributed by atoms with van der Waals surface area (Å²) in [5, 5.41) is 10.5. The molecule has 13 nitrogen and oxygen atoms in total. The lowest BCUT2D eigenvalue weighted by Crippen LogP contribution is -2.36. The second kappa shape index (κ2) is 6.87. The molecule has 0 saturated carbocycles. The molecule has 3 heterocycles. The predicted molar refractivity (Wildman–Crippen MR) is 83.2 cm³/mol. The van der Waals surface area contributed by atoms with Gasteiger partial charge in [-0.05, 0) is 0 Å². The number of ether oxygens (including phenoxy) is 2. The Labute approximate surface area is 146 Å². The highest BCUT2D eigenvalue weighted by Gasteiger charge is 2.49. The van der Waals surface area contributed by atoms with Crippen molar-refractivity contribution in [2.45, 2.75) is 31.5 Å². The number of aliphatic hydroxyl groups excluding tert-OH is 1. The third-order valence-electron chi connectivity index (χ3n) is 3.68. The number of esters is 1. The van der Waals surface area contributed by atoms with Crippen LogP contribution in [-0.2, 0) is 23.4 Å². The molecule has 0 bridgehead atoms. The fourth-order valence-electron chi connectivity index (χ4n) is 2.63. The van der Waals surface area contributed by atoms with Crippen molar-refractivity contribution in [1.29, 1.82) is 0 Å². The number of aromatic nitrogens is 4. The third kappa shape index (κ3) is 3.67. The van der Waals surface area contributed by atoms with Crippen molar-refractivity contribution in [3.8, 4) is 0 Å². The number of nitrogens with zero attached hydrogens (tertiary/aromatic N) is 4. The molecule has 0 unspecified atom stereocenters. The van der Waals surface area contributed by atoms with E-state index in [-0.39, 0.29) is 23.6 Å². The zero-order valence-electron chi connectivity index (χ0n) is 13.4. The summed E-state index contributed by atoms with van der Waals surface area (Å²) < 4.78 is 27.6. The number of rotatable bonds is 5. The number of aliphatic hydroxyl groups is 1. The number of nitrogens with two attached hydrogens (primary N) is 1. The van der Waals surface area contributed by atoms with Crippen LogP contribution in [0.3, 0.4) is 0 Å². The Hall–Kier alpha value is -2.15. The Morgan fingerprint density at radius 2 is 2.15 bits per heavy atom. The molecule has 2 aromatic heterocycles. The average molecular weight is 389 g/mol. The minimum atomic E-state index is -4.95. The van der Waals surface area contributed by atoms with Gasteiger partial charge in [0, 0.05) is 6.92 Å². The van der Waals surface area contributed by atoms with E-state index in [0.717, 1.165) is 6.92 Å². The fourth-order valence-corrected chi connectivity index (χ4v) is 3.21. The Morgan fingerprint density at radius 3 is 2.81 bits per heavy atom. The first-order valence-electron chi connectivity index (χ1n) is 7.31. The SMILES string of the molecule is CC(=O)OC[C@H]1O[C@@H](n2cnc3c(N)ncnc32)[C@H](O)[C@@H]1OP(=O)(O)O. The number of carbonyl (C=O) groups excluding carboxylic acids is 1. The summed E-state index contributed by atoms with van der Waals surface area (Å²) in [7, 11) is -4.95. The molecule has 1 fully saturated rings. The highest BCUT2D eigenvalue weighted by Crippen LogP contribution is 2.44. The lowest BCUT2D eigenvalue weighted by Gasteiger charge is -2.20. The van der Waals surface area contributed by atoms with Gasteiger partial charge in [-0.1, -0.05) is 0 Å². The summed E-state index contributed by atoms with van der Waals surface area (Å²) in [5.74, 6) is -0.518. The van der Waals surface area contributed by atoms with E-state index < -0.39 is 38.3 Å². The first-order chi connectivity index (χ1) is 12.2. The number of phosphoric acid groups is 1. The van der Waals surface area contributed by atoms with Crippen molar-refractivity contribution < 1.29 is 38.3 Å². The highest BCUT2D eigenvalue weighted by atomic mass is 31.2. The number of hydrogen-bond acceptors (Lipinski definition) is 10.